The van der Waals surface area contributed by atoms with E-state index in [1.807, 2.05) is 37.4 Å². The first-order chi connectivity index (χ1) is 12.7. The Morgan fingerprint density at radius 2 is 2.00 bits per heavy atom. The van der Waals surface area contributed by atoms with Crippen molar-refractivity contribution in [3.05, 3.63) is 65.3 Å². The second-order valence-corrected chi connectivity index (χ2v) is 6.86. The molecule has 2 aromatic heterocycles. The molecule has 130 valence electrons. The van der Waals surface area contributed by atoms with Gasteiger partial charge < -0.3 is 0 Å². The largest absolute Gasteiger partial charge is 0.296 e. The van der Waals surface area contributed by atoms with Crippen LogP contribution in [0.5, 0.6) is 0 Å². The number of aryl methyl sites for hydroxylation is 2. The number of hydrogen-bond donors (Lipinski definition) is 1. The molecule has 0 bridgehead atoms. The van der Waals surface area contributed by atoms with Crippen LogP contribution in [0.15, 0.2) is 53.9 Å². The zero-order chi connectivity index (χ0) is 18.1. The number of carbonyl (C=O) groups is 1. The van der Waals surface area contributed by atoms with Crippen LogP contribution >= 0.6 is 11.3 Å². The Balaban J connectivity index is 1.60. The van der Waals surface area contributed by atoms with E-state index in [4.69, 9.17) is 0 Å². The first-order valence-electron chi connectivity index (χ1n) is 8.45. The Kier molecular flexibility index (Phi) is 4.26. The van der Waals surface area contributed by atoms with Gasteiger partial charge in [0.1, 0.15) is 0 Å². The summed E-state index contributed by atoms with van der Waals surface area (Å²) in [5.74, 6) is -0.237. The van der Waals surface area contributed by atoms with E-state index in [2.05, 4.69) is 39.7 Å². The van der Waals surface area contributed by atoms with Crippen LogP contribution in [0.1, 0.15) is 23.1 Å². The number of carbonyl (C=O) groups excluding carboxylic acids is 1. The van der Waals surface area contributed by atoms with Crippen molar-refractivity contribution in [2.45, 2.75) is 20.4 Å². The van der Waals surface area contributed by atoms with E-state index in [1.54, 1.807) is 10.7 Å². The van der Waals surface area contributed by atoms with E-state index in [9.17, 15) is 4.79 Å². The molecule has 0 saturated heterocycles. The van der Waals surface area contributed by atoms with Gasteiger partial charge in [0.25, 0.3) is 5.91 Å². The highest BCUT2D eigenvalue weighted by Gasteiger charge is 2.14. The van der Waals surface area contributed by atoms with Crippen molar-refractivity contribution >= 4 is 33.1 Å². The van der Waals surface area contributed by atoms with Gasteiger partial charge in [-0.25, -0.2) is 4.98 Å². The minimum absolute atomic E-state index is 0.237. The van der Waals surface area contributed by atoms with Gasteiger partial charge in [0.05, 0.1) is 5.69 Å². The van der Waals surface area contributed by atoms with Crippen LogP contribution in [-0.4, -0.2) is 20.7 Å². The summed E-state index contributed by atoms with van der Waals surface area (Å²) >= 11 is 1.42. The zero-order valence-corrected chi connectivity index (χ0v) is 15.4. The normalized spacial score (nSPS) is 11.0. The van der Waals surface area contributed by atoms with Crippen molar-refractivity contribution in [1.82, 2.24) is 14.8 Å². The Morgan fingerprint density at radius 3 is 2.81 bits per heavy atom. The predicted octanol–water partition coefficient (Wildman–Crippen LogP) is 4.74. The number of benzene rings is 2. The van der Waals surface area contributed by atoms with E-state index in [0.717, 1.165) is 28.9 Å². The molecule has 6 heteroatoms. The maximum Gasteiger partial charge on any atom is 0.277 e. The molecule has 0 unspecified atom stereocenters. The lowest BCUT2D eigenvalue weighted by molar-refractivity contribution is 0.102. The number of aromatic nitrogens is 3. The summed E-state index contributed by atoms with van der Waals surface area (Å²) in [5.41, 5.74) is 3.29. The van der Waals surface area contributed by atoms with Crippen LogP contribution < -0.4 is 5.32 Å². The van der Waals surface area contributed by atoms with Crippen molar-refractivity contribution in [1.29, 1.82) is 0 Å². The molecule has 0 radical (unpaired) electrons. The fraction of sp³-hybridized carbons (Fsp3) is 0.150. The molecule has 0 aliphatic rings. The summed E-state index contributed by atoms with van der Waals surface area (Å²) in [5, 5.41) is 12.0. The molecule has 4 aromatic rings. The van der Waals surface area contributed by atoms with Crippen LogP contribution in [0.3, 0.4) is 0 Å². The van der Waals surface area contributed by atoms with Gasteiger partial charge in [0, 0.05) is 23.2 Å². The summed E-state index contributed by atoms with van der Waals surface area (Å²) in [6, 6.07) is 16.2. The number of nitrogens with zero attached hydrogens (tertiary/aromatic N) is 3. The summed E-state index contributed by atoms with van der Waals surface area (Å²) in [7, 11) is 0. The molecule has 2 aromatic carbocycles. The van der Waals surface area contributed by atoms with E-state index in [0.29, 0.717) is 10.8 Å². The van der Waals surface area contributed by atoms with E-state index in [-0.39, 0.29) is 5.91 Å². The Hall–Kier alpha value is -2.99. The minimum atomic E-state index is -0.237. The van der Waals surface area contributed by atoms with Gasteiger partial charge in [-0.05, 0) is 30.7 Å². The molecule has 2 heterocycles. The Bertz CT molecular complexity index is 1090. The molecule has 0 aliphatic carbocycles. The topological polar surface area (TPSA) is 59.8 Å². The number of hydrogen-bond acceptors (Lipinski definition) is 4. The van der Waals surface area contributed by atoms with Crippen molar-refractivity contribution in [3.63, 3.8) is 0 Å². The lowest BCUT2D eigenvalue weighted by Crippen LogP contribution is -2.13. The molecule has 0 atom stereocenters. The van der Waals surface area contributed by atoms with Crippen molar-refractivity contribution in [2.75, 3.05) is 5.32 Å². The number of amides is 1. The molecular weight excluding hydrogens is 344 g/mol. The molecular formula is C20H18N4OS. The zero-order valence-electron chi connectivity index (χ0n) is 14.6. The summed E-state index contributed by atoms with van der Waals surface area (Å²) in [4.78, 5) is 17.0. The Labute approximate surface area is 155 Å². The second-order valence-electron chi connectivity index (χ2n) is 6.01. The van der Waals surface area contributed by atoms with Gasteiger partial charge in [-0.15, -0.1) is 11.3 Å². The van der Waals surface area contributed by atoms with E-state index >= 15 is 0 Å². The van der Waals surface area contributed by atoms with Crippen molar-refractivity contribution in [2.24, 2.45) is 0 Å². The SMILES string of the molecule is CCn1nc(C(=O)Nc2nc(-c3cccc4ccccc34)cs2)cc1C. The minimum Gasteiger partial charge on any atom is -0.296 e. The third-order valence-electron chi connectivity index (χ3n) is 4.30. The van der Waals surface area contributed by atoms with Crippen LogP contribution in [0, 0.1) is 6.92 Å². The first kappa shape index (κ1) is 16.5. The van der Waals surface area contributed by atoms with Gasteiger partial charge in [-0.1, -0.05) is 42.5 Å². The number of anilines is 1. The highest BCUT2D eigenvalue weighted by atomic mass is 32.1. The van der Waals surface area contributed by atoms with Crippen molar-refractivity contribution < 1.29 is 4.79 Å². The molecule has 5 nitrogen and oxygen atoms in total. The molecule has 1 amide bonds. The third-order valence-corrected chi connectivity index (χ3v) is 5.06. The summed E-state index contributed by atoms with van der Waals surface area (Å²) in [6.45, 7) is 4.68. The van der Waals surface area contributed by atoms with Gasteiger partial charge >= 0.3 is 0 Å². The maximum atomic E-state index is 12.4. The maximum absolute atomic E-state index is 12.4. The lowest BCUT2D eigenvalue weighted by atomic mass is 10.0. The molecule has 1 N–H and O–H groups in total. The standard InChI is InChI=1S/C20H18N4OS/c1-3-24-13(2)11-17(23-24)19(25)22-20-21-18(12-26-20)16-10-6-8-14-7-4-5-9-15(14)16/h4-12H,3H2,1-2H3,(H,21,22,25). The van der Waals surface area contributed by atoms with Gasteiger partial charge in [-0.2, -0.15) is 5.10 Å². The average Bonchev–Trinajstić information content (AvgIpc) is 3.27. The second kappa shape index (κ2) is 6.72. The molecule has 26 heavy (non-hydrogen) atoms. The van der Waals surface area contributed by atoms with E-state index in [1.165, 1.54) is 16.7 Å². The van der Waals surface area contributed by atoms with Gasteiger partial charge in [0.2, 0.25) is 0 Å². The van der Waals surface area contributed by atoms with Gasteiger partial charge in [-0.3, -0.25) is 14.8 Å². The lowest BCUT2D eigenvalue weighted by Gasteiger charge is -2.03. The van der Waals surface area contributed by atoms with Crippen LogP contribution in [-0.2, 0) is 6.54 Å². The molecule has 0 spiro atoms. The van der Waals surface area contributed by atoms with Crippen LogP contribution in [0.25, 0.3) is 22.0 Å². The first-order valence-corrected chi connectivity index (χ1v) is 9.33. The van der Waals surface area contributed by atoms with Crippen LogP contribution in [0.4, 0.5) is 5.13 Å². The molecule has 0 aliphatic heterocycles. The van der Waals surface area contributed by atoms with Crippen molar-refractivity contribution in [3.8, 4) is 11.3 Å². The van der Waals surface area contributed by atoms with Crippen LogP contribution in [0.2, 0.25) is 0 Å². The average molecular weight is 362 g/mol. The fourth-order valence-electron chi connectivity index (χ4n) is 3.01. The number of fused-ring (bicyclic) bond motifs is 1. The smallest absolute Gasteiger partial charge is 0.277 e. The monoisotopic (exact) mass is 362 g/mol. The van der Waals surface area contributed by atoms with E-state index < -0.39 is 0 Å². The number of rotatable bonds is 4. The summed E-state index contributed by atoms with van der Waals surface area (Å²) < 4.78 is 1.80. The predicted molar refractivity (Wildman–Crippen MR) is 106 cm³/mol. The molecule has 4 rings (SSSR count). The number of thiazole rings is 1. The third kappa shape index (κ3) is 2.99. The molecule has 0 saturated carbocycles. The highest BCUT2D eigenvalue weighted by Crippen LogP contribution is 2.31. The highest BCUT2D eigenvalue weighted by molar-refractivity contribution is 7.14. The molecule has 0 fully saturated rings. The summed E-state index contributed by atoms with van der Waals surface area (Å²) in [6.07, 6.45) is 0. The van der Waals surface area contributed by atoms with Gasteiger partial charge in [0.15, 0.2) is 10.8 Å². The Morgan fingerprint density at radius 1 is 1.19 bits per heavy atom. The quantitative estimate of drug-likeness (QED) is 0.570. The fourth-order valence-corrected chi connectivity index (χ4v) is 3.71. The number of nitrogens with one attached hydrogen (secondary N) is 1.